The van der Waals surface area contributed by atoms with Crippen LogP contribution in [0.5, 0.6) is 11.5 Å². The average molecular weight is 409 g/mol. The van der Waals surface area contributed by atoms with Crippen LogP contribution in [0.2, 0.25) is 0 Å². The minimum atomic E-state index is 0.699. The fourth-order valence-electron chi connectivity index (χ4n) is 4.68. The molecule has 2 heterocycles. The first kappa shape index (κ1) is 19.2. The molecule has 0 N–H and O–H groups in total. The van der Waals surface area contributed by atoms with E-state index in [0.29, 0.717) is 17.1 Å². The first-order valence-electron chi connectivity index (χ1n) is 10.5. The zero-order chi connectivity index (χ0) is 21.4. The summed E-state index contributed by atoms with van der Waals surface area (Å²) in [6, 6.07) is 16.4. The molecule has 5 rings (SSSR count). The highest BCUT2D eigenvalue weighted by Gasteiger charge is 2.23. The highest BCUT2D eigenvalue weighted by atomic mass is 16.5. The van der Waals surface area contributed by atoms with Gasteiger partial charge in [0, 0.05) is 5.56 Å². The molecule has 2 aromatic heterocycles. The second-order valence-corrected chi connectivity index (χ2v) is 7.71. The molecule has 0 unspecified atom stereocenters. The predicted octanol–water partition coefficient (Wildman–Crippen LogP) is 5.43. The van der Waals surface area contributed by atoms with Crippen molar-refractivity contribution >= 4 is 28.8 Å². The molecule has 0 fully saturated rings. The highest BCUT2D eigenvalue weighted by molar-refractivity contribution is 5.87. The summed E-state index contributed by atoms with van der Waals surface area (Å²) in [5.41, 5.74) is 7.78. The molecule has 154 valence electrons. The Morgan fingerprint density at radius 3 is 2.55 bits per heavy atom. The zero-order valence-corrected chi connectivity index (χ0v) is 17.7. The lowest BCUT2D eigenvalue weighted by Gasteiger charge is -2.21. The van der Waals surface area contributed by atoms with Crippen molar-refractivity contribution in [1.29, 1.82) is 5.26 Å². The minimum absolute atomic E-state index is 0.699. The Balaban J connectivity index is 1.81. The number of imidazole rings is 1. The van der Waals surface area contributed by atoms with Gasteiger partial charge < -0.3 is 9.47 Å². The first-order chi connectivity index (χ1) is 15.3. The third-order valence-electron chi connectivity index (χ3n) is 6.07. The van der Waals surface area contributed by atoms with Crippen LogP contribution < -0.4 is 9.47 Å². The summed E-state index contributed by atoms with van der Waals surface area (Å²) < 4.78 is 13.2. The number of fused-ring (bicyclic) bond motifs is 4. The van der Waals surface area contributed by atoms with Crippen molar-refractivity contribution < 1.29 is 9.47 Å². The molecule has 2 aromatic carbocycles. The molecule has 0 spiro atoms. The molecule has 0 amide bonds. The number of aromatic nitrogens is 2. The van der Waals surface area contributed by atoms with E-state index in [4.69, 9.17) is 14.5 Å². The number of rotatable bonds is 4. The molecule has 0 aliphatic heterocycles. The Morgan fingerprint density at radius 2 is 1.77 bits per heavy atom. The molecule has 5 heteroatoms. The summed E-state index contributed by atoms with van der Waals surface area (Å²) >= 11 is 0. The van der Waals surface area contributed by atoms with Crippen LogP contribution in [0.15, 0.2) is 42.5 Å². The number of methoxy groups -OCH3 is 2. The van der Waals surface area contributed by atoms with E-state index >= 15 is 0 Å². The number of hydrogen-bond acceptors (Lipinski definition) is 4. The van der Waals surface area contributed by atoms with Gasteiger partial charge in [0.15, 0.2) is 17.1 Å². The van der Waals surface area contributed by atoms with Crippen LogP contribution in [0, 0.1) is 11.3 Å². The summed E-state index contributed by atoms with van der Waals surface area (Å²) in [5.74, 6) is 1.40. The van der Waals surface area contributed by atoms with E-state index in [9.17, 15) is 5.26 Å². The molecule has 1 aliphatic carbocycles. The van der Waals surface area contributed by atoms with E-state index in [-0.39, 0.29) is 0 Å². The zero-order valence-electron chi connectivity index (χ0n) is 17.7. The number of nitriles is 1. The number of para-hydroxylation sites is 3. The summed E-state index contributed by atoms with van der Waals surface area (Å²) in [5, 5.41) is 9.99. The average Bonchev–Trinajstić information content (AvgIpc) is 3.20. The first-order valence-corrected chi connectivity index (χ1v) is 10.5. The standard InChI is InChI=1S/C26H23N3O2/c1-30-24-13-7-8-17(25(24)31-2)14-15-22-19-10-4-3-9-18(19)20(16-27)26-28-21-11-5-6-12-23(21)29(22)26/h5-8,11-15H,3-4,9-10H2,1-2H3/b15-14+. The Bertz CT molecular complexity index is 1380. The maximum Gasteiger partial charge on any atom is 0.167 e. The topological polar surface area (TPSA) is 59.5 Å². The highest BCUT2D eigenvalue weighted by Crippen LogP contribution is 2.35. The fourth-order valence-corrected chi connectivity index (χ4v) is 4.68. The fraction of sp³-hybridized carbons (Fsp3) is 0.231. The molecule has 1 aliphatic rings. The van der Waals surface area contributed by atoms with Gasteiger partial charge in [-0.05, 0) is 67.2 Å². The van der Waals surface area contributed by atoms with E-state index < -0.39 is 0 Å². The molecule has 5 nitrogen and oxygen atoms in total. The number of nitrogens with zero attached hydrogens (tertiary/aromatic N) is 3. The van der Waals surface area contributed by atoms with E-state index in [0.717, 1.165) is 59.2 Å². The van der Waals surface area contributed by atoms with Crippen molar-refractivity contribution in [2.24, 2.45) is 0 Å². The van der Waals surface area contributed by atoms with E-state index in [1.807, 2.05) is 36.4 Å². The van der Waals surface area contributed by atoms with E-state index in [1.54, 1.807) is 14.2 Å². The second-order valence-electron chi connectivity index (χ2n) is 7.71. The molecule has 0 saturated heterocycles. The lowest BCUT2D eigenvalue weighted by molar-refractivity contribution is 0.354. The second kappa shape index (κ2) is 7.81. The molecule has 4 aromatic rings. The van der Waals surface area contributed by atoms with Gasteiger partial charge in [-0.15, -0.1) is 0 Å². The molecule has 0 bridgehead atoms. The molecule has 31 heavy (non-hydrogen) atoms. The van der Waals surface area contributed by atoms with Crippen LogP contribution in [0.4, 0.5) is 0 Å². The Kier molecular flexibility index (Phi) is 4.83. The van der Waals surface area contributed by atoms with Gasteiger partial charge in [-0.1, -0.05) is 24.3 Å². The maximum atomic E-state index is 9.99. The van der Waals surface area contributed by atoms with Gasteiger partial charge in [-0.25, -0.2) is 4.98 Å². The van der Waals surface area contributed by atoms with Gasteiger partial charge in [0.25, 0.3) is 0 Å². The van der Waals surface area contributed by atoms with Crippen molar-refractivity contribution in [1.82, 2.24) is 9.38 Å². The number of benzene rings is 2. The van der Waals surface area contributed by atoms with Crippen molar-refractivity contribution in [3.8, 4) is 17.6 Å². The SMILES string of the molecule is COc1cccc(/C=C/c2c3c(c(C#N)c4nc5ccccc5n24)CCCC3)c1OC. The van der Waals surface area contributed by atoms with Crippen molar-refractivity contribution in [2.45, 2.75) is 25.7 Å². The van der Waals surface area contributed by atoms with Crippen molar-refractivity contribution in [3.05, 3.63) is 70.4 Å². The minimum Gasteiger partial charge on any atom is -0.493 e. The van der Waals surface area contributed by atoms with Crippen LogP contribution in [0.3, 0.4) is 0 Å². The van der Waals surface area contributed by atoms with Crippen LogP contribution >= 0.6 is 0 Å². The number of pyridine rings is 1. The monoisotopic (exact) mass is 409 g/mol. The van der Waals surface area contributed by atoms with Gasteiger partial charge in [0.1, 0.15) is 6.07 Å². The maximum absolute atomic E-state index is 9.99. The van der Waals surface area contributed by atoms with Crippen LogP contribution in [-0.2, 0) is 12.8 Å². The van der Waals surface area contributed by atoms with E-state index in [2.05, 4.69) is 28.7 Å². The van der Waals surface area contributed by atoms with Gasteiger partial charge in [0.05, 0.1) is 36.5 Å². The van der Waals surface area contributed by atoms with Gasteiger partial charge >= 0.3 is 0 Å². The van der Waals surface area contributed by atoms with Gasteiger partial charge in [0.2, 0.25) is 0 Å². The molecular weight excluding hydrogens is 386 g/mol. The van der Waals surface area contributed by atoms with Crippen LogP contribution in [0.25, 0.3) is 28.8 Å². The van der Waals surface area contributed by atoms with Crippen LogP contribution in [0.1, 0.15) is 40.8 Å². The summed E-state index contributed by atoms with van der Waals surface area (Å²) in [4.78, 5) is 4.83. The van der Waals surface area contributed by atoms with E-state index in [1.165, 1.54) is 5.56 Å². The van der Waals surface area contributed by atoms with Crippen molar-refractivity contribution in [2.75, 3.05) is 14.2 Å². The Morgan fingerprint density at radius 1 is 0.968 bits per heavy atom. The number of ether oxygens (including phenoxy) is 2. The van der Waals surface area contributed by atoms with Crippen LogP contribution in [-0.4, -0.2) is 23.6 Å². The Hall–Kier alpha value is -3.78. The van der Waals surface area contributed by atoms with Gasteiger partial charge in [-0.2, -0.15) is 5.26 Å². The predicted molar refractivity (Wildman–Crippen MR) is 123 cm³/mol. The number of hydrogen-bond donors (Lipinski definition) is 0. The molecular formula is C26H23N3O2. The third-order valence-corrected chi connectivity index (χ3v) is 6.07. The third kappa shape index (κ3) is 3.03. The molecule has 0 radical (unpaired) electrons. The largest absolute Gasteiger partial charge is 0.493 e. The molecule has 0 atom stereocenters. The summed E-state index contributed by atoms with van der Waals surface area (Å²) in [6.45, 7) is 0. The smallest absolute Gasteiger partial charge is 0.167 e. The lowest BCUT2D eigenvalue weighted by Crippen LogP contribution is -2.12. The summed E-state index contributed by atoms with van der Waals surface area (Å²) in [7, 11) is 3.30. The van der Waals surface area contributed by atoms with Gasteiger partial charge in [-0.3, -0.25) is 4.40 Å². The lowest BCUT2D eigenvalue weighted by atomic mass is 9.87. The molecule has 0 saturated carbocycles. The quantitative estimate of drug-likeness (QED) is 0.451. The summed E-state index contributed by atoms with van der Waals surface area (Å²) in [6.07, 6.45) is 8.29. The van der Waals surface area contributed by atoms with Crippen molar-refractivity contribution in [3.63, 3.8) is 0 Å². The normalized spacial score (nSPS) is 13.5. The Labute approximate surface area is 181 Å².